The van der Waals surface area contributed by atoms with Crippen LogP contribution in [0.1, 0.15) is 26.7 Å². The summed E-state index contributed by atoms with van der Waals surface area (Å²) in [4.78, 5) is 25.2. The summed E-state index contributed by atoms with van der Waals surface area (Å²) >= 11 is 0. The first-order valence-corrected chi connectivity index (χ1v) is 9.42. The Kier molecular flexibility index (Phi) is 5.43. The van der Waals surface area contributed by atoms with Crippen LogP contribution in [0.5, 0.6) is 0 Å². The van der Waals surface area contributed by atoms with Crippen LogP contribution in [0.25, 0.3) is 0 Å². The number of nitrogens with zero attached hydrogens (tertiary/aromatic N) is 1. The lowest BCUT2D eigenvalue weighted by molar-refractivity contribution is 0.352. The molecule has 6 nitrogen and oxygen atoms in total. The van der Waals surface area contributed by atoms with Gasteiger partial charge in [-0.15, -0.1) is 0 Å². The zero-order valence-corrected chi connectivity index (χ0v) is 14.7. The van der Waals surface area contributed by atoms with E-state index in [0.29, 0.717) is 24.3 Å². The van der Waals surface area contributed by atoms with Crippen LogP contribution in [0, 0.1) is 5.41 Å². The molecule has 0 atom stereocenters. The molecule has 0 aliphatic rings. The molecule has 0 fully saturated rings. The Labute approximate surface area is 141 Å². The van der Waals surface area contributed by atoms with Crippen molar-refractivity contribution >= 4 is 9.84 Å². The molecule has 0 saturated heterocycles. The Bertz CT molecular complexity index is 896. The number of hydrogen-bond donors (Lipinski definition) is 1. The standard InChI is InChI=1S/C17H22N2O4S/c1-17(2,13-24(22,23)14-7-4-3-5-8-14)10-6-11-19-12-9-15(20)18-16(19)21/h3-5,7-9,12H,6,10-11,13H2,1-2H3,(H,18,20,21). The van der Waals surface area contributed by atoms with Crippen LogP contribution >= 0.6 is 0 Å². The molecule has 0 amide bonds. The average Bonchev–Trinajstić information content (AvgIpc) is 2.49. The molecule has 2 rings (SSSR count). The molecule has 0 saturated carbocycles. The van der Waals surface area contributed by atoms with Crippen LogP contribution < -0.4 is 11.2 Å². The van der Waals surface area contributed by atoms with Gasteiger partial charge in [0.15, 0.2) is 9.84 Å². The molecule has 0 bridgehead atoms. The van der Waals surface area contributed by atoms with Crippen molar-refractivity contribution in [1.29, 1.82) is 0 Å². The molecule has 0 spiro atoms. The number of nitrogens with one attached hydrogen (secondary N) is 1. The smallest absolute Gasteiger partial charge is 0.301 e. The van der Waals surface area contributed by atoms with Crippen LogP contribution in [0.3, 0.4) is 0 Å². The summed E-state index contributed by atoms with van der Waals surface area (Å²) in [6, 6.07) is 9.71. The van der Waals surface area contributed by atoms with Crippen molar-refractivity contribution in [1.82, 2.24) is 9.55 Å². The number of rotatable bonds is 7. The first kappa shape index (κ1) is 18.2. The van der Waals surface area contributed by atoms with E-state index in [1.54, 1.807) is 30.3 Å². The van der Waals surface area contributed by atoms with Gasteiger partial charge in [0, 0.05) is 18.8 Å². The van der Waals surface area contributed by atoms with Gasteiger partial charge in [0.2, 0.25) is 0 Å². The number of hydrogen-bond acceptors (Lipinski definition) is 4. The Morgan fingerprint density at radius 3 is 2.38 bits per heavy atom. The van der Waals surface area contributed by atoms with Crippen molar-refractivity contribution in [3.63, 3.8) is 0 Å². The summed E-state index contributed by atoms with van der Waals surface area (Å²) in [6.45, 7) is 4.25. The van der Waals surface area contributed by atoms with E-state index in [9.17, 15) is 18.0 Å². The fourth-order valence-corrected chi connectivity index (χ4v) is 4.56. The summed E-state index contributed by atoms with van der Waals surface area (Å²) in [5.41, 5.74) is -1.29. The van der Waals surface area contributed by atoms with Gasteiger partial charge in [-0.25, -0.2) is 13.2 Å². The average molecular weight is 350 g/mol. The monoisotopic (exact) mass is 350 g/mol. The molecular weight excluding hydrogens is 328 g/mol. The molecule has 130 valence electrons. The molecule has 2 aromatic rings. The molecular formula is C17H22N2O4S. The SMILES string of the molecule is CC(C)(CCCn1ccc(=O)[nH]c1=O)CS(=O)(=O)c1ccccc1. The molecule has 0 aliphatic heterocycles. The first-order valence-electron chi connectivity index (χ1n) is 7.77. The van der Waals surface area contributed by atoms with Crippen LogP contribution in [0.2, 0.25) is 0 Å². The van der Waals surface area contributed by atoms with Crippen molar-refractivity contribution in [3.8, 4) is 0 Å². The van der Waals surface area contributed by atoms with Crippen LogP contribution in [-0.2, 0) is 16.4 Å². The predicted molar refractivity (Wildman–Crippen MR) is 92.8 cm³/mol. The fourth-order valence-electron chi connectivity index (χ4n) is 2.65. The van der Waals surface area contributed by atoms with Gasteiger partial charge in [-0.05, 0) is 30.4 Å². The number of sulfone groups is 1. The van der Waals surface area contributed by atoms with Crippen molar-refractivity contribution in [2.45, 2.75) is 38.1 Å². The van der Waals surface area contributed by atoms with E-state index in [1.165, 1.54) is 16.8 Å². The van der Waals surface area contributed by atoms with Crippen molar-refractivity contribution in [3.05, 3.63) is 63.4 Å². The van der Waals surface area contributed by atoms with E-state index in [1.807, 2.05) is 13.8 Å². The zero-order valence-electron chi connectivity index (χ0n) is 13.9. The highest BCUT2D eigenvalue weighted by molar-refractivity contribution is 7.91. The van der Waals surface area contributed by atoms with Gasteiger partial charge in [-0.2, -0.15) is 0 Å². The summed E-state index contributed by atoms with van der Waals surface area (Å²) in [6.07, 6.45) is 2.74. The molecule has 0 radical (unpaired) electrons. The second kappa shape index (κ2) is 7.17. The molecule has 1 aromatic heterocycles. The molecule has 1 aromatic carbocycles. The zero-order chi connectivity index (χ0) is 17.8. The van der Waals surface area contributed by atoms with E-state index < -0.39 is 26.5 Å². The Balaban J connectivity index is 1.98. The second-order valence-corrected chi connectivity index (χ2v) is 8.63. The summed E-state index contributed by atoms with van der Waals surface area (Å²) in [5, 5.41) is 0. The molecule has 0 aliphatic carbocycles. The topological polar surface area (TPSA) is 89.0 Å². The highest BCUT2D eigenvalue weighted by Crippen LogP contribution is 2.27. The van der Waals surface area contributed by atoms with Gasteiger partial charge >= 0.3 is 5.69 Å². The minimum Gasteiger partial charge on any atom is -0.301 e. The minimum absolute atomic E-state index is 0.0462. The lowest BCUT2D eigenvalue weighted by Crippen LogP contribution is -2.29. The molecule has 1 N–H and O–H groups in total. The summed E-state index contributed by atoms with van der Waals surface area (Å²) in [5.74, 6) is 0.0462. The fraction of sp³-hybridized carbons (Fsp3) is 0.412. The van der Waals surface area contributed by atoms with Gasteiger partial charge < -0.3 is 4.57 Å². The lowest BCUT2D eigenvalue weighted by Gasteiger charge is -2.24. The van der Waals surface area contributed by atoms with Crippen LogP contribution in [0.15, 0.2) is 57.1 Å². The van der Waals surface area contributed by atoms with Gasteiger partial charge in [-0.1, -0.05) is 32.0 Å². The molecule has 0 unspecified atom stereocenters. The van der Waals surface area contributed by atoms with Gasteiger partial charge in [0.05, 0.1) is 10.6 Å². The van der Waals surface area contributed by atoms with E-state index in [-0.39, 0.29) is 5.75 Å². The third-order valence-electron chi connectivity index (χ3n) is 3.83. The van der Waals surface area contributed by atoms with Crippen molar-refractivity contribution < 1.29 is 8.42 Å². The Morgan fingerprint density at radius 1 is 1.08 bits per heavy atom. The third kappa shape index (κ3) is 4.92. The van der Waals surface area contributed by atoms with E-state index >= 15 is 0 Å². The van der Waals surface area contributed by atoms with Gasteiger partial charge in [-0.3, -0.25) is 9.78 Å². The Hall–Kier alpha value is -2.15. The number of benzene rings is 1. The van der Waals surface area contributed by atoms with Crippen molar-refractivity contribution in [2.24, 2.45) is 5.41 Å². The maximum absolute atomic E-state index is 12.5. The second-order valence-electron chi connectivity index (χ2n) is 6.64. The maximum Gasteiger partial charge on any atom is 0.328 e. The van der Waals surface area contributed by atoms with Crippen molar-refractivity contribution in [2.75, 3.05) is 5.75 Å². The summed E-state index contributed by atoms with van der Waals surface area (Å²) < 4.78 is 26.4. The first-order chi connectivity index (χ1) is 11.2. The van der Waals surface area contributed by atoms with Crippen LogP contribution in [-0.4, -0.2) is 23.7 Å². The highest BCUT2D eigenvalue weighted by atomic mass is 32.2. The number of aryl methyl sites for hydroxylation is 1. The quantitative estimate of drug-likeness (QED) is 0.825. The van der Waals surface area contributed by atoms with Crippen LogP contribution in [0.4, 0.5) is 0 Å². The number of aromatic amines is 1. The number of aromatic nitrogens is 2. The number of H-pyrrole nitrogens is 1. The highest BCUT2D eigenvalue weighted by Gasteiger charge is 2.27. The van der Waals surface area contributed by atoms with E-state index in [0.717, 1.165) is 0 Å². The van der Waals surface area contributed by atoms with E-state index in [2.05, 4.69) is 4.98 Å². The molecule has 7 heteroatoms. The van der Waals surface area contributed by atoms with E-state index in [4.69, 9.17) is 0 Å². The Morgan fingerprint density at radius 2 is 1.75 bits per heavy atom. The van der Waals surface area contributed by atoms with Gasteiger partial charge in [0.1, 0.15) is 0 Å². The normalized spacial score (nSPS) is 12.2. The lowest BCUT2D eigenvalue weighted by atomic mass is 9.90. The predicted octanol–water partition coefficient (Wildman–Crippen LogP) is 1.82. The van der Waals surface area contributed by atoms with Gasteiger partial charge in [0.25, 0.3) is 5.56 Å². The molecule has 24 heavy (non-hydrogen) atoms. The molecule has 1 heterocycles. The minimum atomic E-state index is -3.34. The summed E-state index contributed by atoms with van der Waals surface area (Å²) in [7, 11) is -3.34. The maximum atomic E-state index is 12.5. The largest absolute Gasteiger partial charge is 0.328 e. The third-order valence-corrected chi connectivity index (χ3v) is 5.98.